The molecule has 10 heteroatoms. The summed E-state index contributed by atoms with van der Waals surface area (Å²) in [5.74, 6) is -1.40. The molecule has 2 unspecified atom stereocenters. The van der Waals surface area contributed by atoms with Gasteiger partial charge in [-0.15, -0.1) is 13.2 Å². The highest BCUT2D eigenvalue weighted by Crippen LogP contribution is 2.27. The number of hydrogen-bond donors (Lipinski definition) is 2. The van der Waals surface area contributed by atoms with Crippen LogP contribution in [0.2, 0.25) is 0 Å². The molecule has 7 nitrogen and oxygen atoms in total. The number of benzene rings is 1. The maximum absolute atomic E-state index is 12.4. The minimum absolute atomic E-state index is 0.0741. The molecule has 1 aliphatic heterocycles. The fourth-order valence-electron chi connectivity index (χ4n) is 3.83. The third kappa shape index (κ3) is 7.43. The van der Waals surface area contributed by atoms with Crippen LogP contribution >= 0.6 is 0 Å². The molecule has 3 rings (SSSR count). The van der Waals surface area contributed by atoms with Gasteiger partial charge >= 0.3 is 12.3 Å². The summed E-state index contributed by atoms with van der Waals surface area (Å²) < 4.78 is 46.8. The number of carboxylic acids is 1. The number of carbonyl (C=O) groups is 1. The van der Waals surface area contributed by atoms with Gasteiger partial charge in [0, 0.05) is 43.2 Å². The normalized spacial score (nSPS) is 18.0. The number of nitrogens with zero attached hydrogens (tertiary/aromatic N) is 2. The van der Waals surface area contributed by atoms with Crippen LogP contribution in [0.15, 0.2) is 78.8 Å². The lowest BCUT2D eigenvalue weighted by atomic mass is 9.99. The third-order valence-electron chi connectivity index (χ3n) is 5.64. The van der Waals surface area contributed by atoms with Gasteiger partial charge in [-0.25, -0.2) is 4.79 Å². The maximum Gasteiger partial charge on any atom is 0.573 e. The van der Waals surface area contributed by atoms with Crippen LogP contribution in [0.5, 0.6) is 5.75 Å². The van der Waals surface area contributed by atoms with Gasteiger partial charge in [0.1, 0.15) is 11.9 Å². The van der Waals surface area contributed by atoms with Gasteiger partial charge in [-0.2, -0.15) is 0 Å². The molecule has 1 aromatic heterocycles. The Morgan fingerprint density at radius 1 is 1.33 bits per heavy atom. The second-order valence-corrected chi connectivity index (χ2v) is 8.09. The summed E-state index contributed by atoms with van der Waals surface area (Å²) >= 11 is 0. The number of aromatic nitrogens is 1. The average Bonchev–Trinajstić information content (AvgIpc) is 2.85. The minimum Gasteiger partial charge on any atom is -0.478 e. The molecular weight excluding hydrogens is 477 g/mol. The van der Waals surface area contributed by atoms with Crippen LogP contribution < -0.4 is 4.74 Å². The van der Waals surface area contributed by atoms with Crippen LogP contribution in [-0.4, -0.2) is 58.2 Å². The highest BCUT2D eigenvalue weighted by atomic mass is 19.4. The molecule has 2 aromatic rings. The zero-order valence-corrected chi connectivity index (χ0v) is 19.6. The lowest BCUT2D eigenvalue weighted by Gasteiger charge is -2.35. The zero-order chi connectivity index (χ0) is 26.3. The van der Waals surface area contributed by atoms with Gasteiger partial charge in [0.05, 0.1) is 18.3 Å². The Hall–Kier alpha value is -3.63. The summed E-state index contributed by atoms with van der Waals surface area (Å²) in [7, 11) is 0. The van der Waals surface area contributed by atoms with Gasteiger partial charge in [0.25, 0.3) is 0 Å². The van der Waals surface area contributed by atoms with E-state index in [1.54, 1.807) is 31.3 Å². The van der Waals surface area contributed by atoms with E-state index in [1.807, 2.05) is 4.90 Å². The van der Waals surface area contributed by atoms with E-state index in [0.717, 1.165) is 5.70 Å². The fourth-order valence-corrected chi connectivity index (χ4v) is 3.83. The van der Waals surface area contributed by atoms with Gasteiger partial charge < -0.3 is 24.6 Å². The van der Waals surface area contributed by atoms with Crippen LogP contribution in [-0.2, 0) is 11.2 Å². The number of aromatic carboxylic acids is 1. The van der Waals surface area contributed by atoms with Crippen molar-refractivity contribution in [2.45, 2.75) is 31.9 Å². The van der Waals surface area contributed by atoms with Crippen molar-refractivity contribution in [1.82, 2.24) is 9.88 Å². The number of allylic oxidation sites excluding steroid dienone is 2. The van der Waals surface area contributed by atoms with Crippen LogP contribution in [0.1, 0.15) is 34.5 Å². The topological polar surface area (TPSA) is 92.1 Å². The molecule has 0 amide bonds. The Morgan fingerprint density at radius 2 is 2.06 bits per heavy atom. The van der Waals surface area contributed by atoms with Gasteiger partial charge in [0.15, 0.2) is 0 Å². The van der Waals surface area contributed by atoms with Crippen molar-refractivity contribution in [3.05, 3.63) is 95.5 Å². The predicted octanol–water partition coefficient (Wildman–Crippen LogP) is 4.67. The first-order valence-electron chi connectivity index (χ1n) is 11.2. The number of aliphatic hydroxyl groups excluding tert-OH is 1. The van der Waals surface area contributed by atoms with Crippen molar-refractivity contribution in [3.63, 3.8) is 0 Å². The summed E-state index contributed by atoms with van der Waals surface area (Å²) in [6.07, 6.45) is 2.18. The smallest absolute Gasteiger partial charge is 0.478 e. The van der Waals surface area contributed by atoms with Crippen molar-refractivity contribution in [2.24, 2.45) is 0 Å². The first-order chi connectivity index (χ1) is 17.1. The number of ether oxygens (including phenoxy) is 2. The molecule has 1 aliphatic rings. The monoisotopic (exact) mass is 504 g/mol. The molecule has 36 heavy (non-hydrogen) atoms. The van der Waals surface area contributed by atoms with Crippen molar-refractivity contribution in [1.29, 1.82) is 0 Å². The molecule has 0 aliphatic carbocycles. The minimum atomic E-state index is -4.76. The van der Waals surface area contributed by atoms with E-state index in [0.29, 0.717) is 36.4 Å². The Labute approximate surface area is 206 Å². The Balaban J connectivity index is 1.70. The fraction of sp³-hybridized carbons (Fsp3) is 0.308. The molecule has 0 spiro atoms. The standard InChI is InChI=1S/C26H27F3N2O5/c1-3-18(23(32)11-17-5-7-22(8-6-17)36-26(27,28)29)13-21(4-2)31-9-10-35-24(16-31)19-12-20(25(33)34)15-30-14-19/h3-8,12-15,23-24,32H,2,9-11,16H2,1H3,(H,33,34)/b18-3+,21-13+. The molecule has 1 fully saturated rings. The molecule has 2 atom stereocenters. The third-order valence-corrected chi connectivity index (χ3v) is 5.64. The number of aliphatic hydroxyl groups is 1. The van der Waals surface area contributed by atoms with E-state index in [-0.39, 0.29) is 17.7 Å². The largest absolute Gasteiger partial charge is 0.573 e. The summed E-state index contributed by atoms with van der Waals surface area (Å²) in [4.78, 5) is 17.3. The van der Waals surface area contributed by atoms with E-state index >= 15 is 0 Å². The second-order valence-electron chi connectivity index (χ2n) is 8.09. The Morgan fingerprint density at radius 3 is 2.67 bits per heavy atom. The van der Waals surface area contributed by atoms with E-state index < -0.39 is 24.5 Å². The quantitative estimate of drug-likeness (QED) is 0.480. The van der Waals surface area contributed by atoms with Gasteiger partial charge in [-0.3, -0.25) is 4.98 Å². The summed E-state index contributed by atoms with van der Waals surface area (Å²) in [6, 6.07) is 6.89. The molecular formula is C26H27F3N2O5. The number of carboxylic acid groups (broad SMARTS) is 1. The molecule has 2 heterocycles. The van der Waals surface area contributed by atoms with Crippen LogP contribution in [0.25, 0.3) is 0 Å². The van der Waals surface area contributed by atoms with Crippen LogP contribution in [0, 0.1) is 0 Å². The van der Waals surface area contributed by atoms with E-state index in [4.69, 9.17) is 4.74 Å². The lowest BCUT2D eigenvalue weighted by molar-refractivity contribution is -0.274. The Kier molecular flexibility index (Phi) is 8.89. The maximum atomic E-state index is 12.4. The van der Waals surface area contributed by atoms with Gasteiger partial charge in [0.2, 0.25) is 0 Å². The molecule has 192 valence electrons. The van der Waals surface area contributed by atoms with Gasteiger partial charge in [-0.1, -0.05) is 24.8 Å². The highest BCUT2D eigenvalue weighted by Gasteiger charge is 2.31. The summed E-state index contributed by atoms with van der Waals surface area (Å²) in [5.41, 5.74) is 2.71. The lowest BCUT2D eigenvalue weighted by Crippen LogP contribution is -2.37. The number of alkyl halides is 3. The van der Waals surface area contributed by atoms with E-state index in [9.17, 15) is 28.2 Å². The van der Waals surface area contributed by atoms with Crippen molar-refractivity contribution < 1.29 is 37.7 Å². The Bertz CT molecular complexity index is 1130. The molecule has 1 saturated heterocycles. The summed E-state index contributed by atoms with van der Waals surface area (Å²) in [6.45, 7) is 7.05. The first-order valence-corrected chi connectivity index (χ1v) is 11.2. The molecule has 1 aromatic carbocycles. The molecule has 0 saturated carbocycles. The van der Waals surface area contributed by atoms with Crippen LogP contribution in [0.4, 0.5) is 13.2 Å². The first kappa shape index (κ1) is 27.0. The summed E-state index contributed by atoms with van der Waals surface area (Å²) in [5, 5.41) is 20.0. The molecule has 0 radical (unpaired) electrons. The van der Waals surface area contributed by atoms with E-state index in [1.165, 1.54) is 36.5 Å². The van der Waals surface area contributed by atoms with Crippen molar-refractivity contribution in [3.8, 4) is 5.75 Å². The predicted molar refractivity (Wildman–Crippen MR) is 126 cm³/mol. The number of pyridine rings is 1. The SMILES string of the molecule is C=C/C(=C\C(=C/C)C(O)Cc1ccc(OC(F)(F)F)cc1)N1CCOC(c2cncc(C(=O)O)c2)C1. The number of rotatable bonds is 9. The van der Waals surface area contributed by atoms with Crippen LogP contribution in [0.3, 0.4) is 0 Å². The zero-order valence-electron chi connectivity index (χ0n) is 19.6. The molecule has 0 bridgehead atoms. The van der Waals surface area contributed by atoms with Crippen molar-refractivity contribution >= 4 is 5.97 Å². The van der Waals surface area contributed by atoms with E-state index in [2.05, 4.69) is 16.3 Å². The molecule has 2 N–H and O–H groups in total. The van der Waals surface area contributed by atoms with Gasteiger partial charge in [-0.05, 0) is 48.4 Å². The highest BCUT2D eigenvalue weighted by molar-refractivity contribution is 5.87. The number of morpholine rings is 1. The second kappa shape index (κ2) is 11.9. The number of halogens is 3. The number of hydrogen-bond acceptors (Lipinski definition) is 6. The average molecular weight is 505 g/mol. The van der Waals surface area contributed by atoms with Crippen molar-refractivity contribution in [2.75, 3.05) is 19.7 Å².